The molecular formula is C11H5ClF3NO3. The lowest BCUT2D eigenvalue weighted by Crippen LogP contribution is -2.03. The summed E-state index contributed by atoms with van der Waals surface area (Å²) in [5, 5.41) is 11.7. The average molecular weight is 292 g/mol. The zero-order valence-corrected chi connectivity index (χ0v) is 9.79. The maximum atomic E-state index is 12.4. The Morgan fingerprint density at radius 1 is 1.26 bits per heavy atom. The first-order valence-corrected chi connectivity index (χ1v) is 5.24. The van der Waals surface area contributed by atoms with Crippen molar-refractivity contribution in [3.63, 3.8) is 0 Å². The van der Waals surface area contributed by atoms with Crippen molar-refractivity contribution < 1.29 is 27.6 Å². The molecule has 1 aromatic carbocycles. The minimum absolute atomic E-state index is 0.0900. The van der Waals surface area contributed by atoms with Crippen LogP contribution in [0.4, 0.5) is 13.2 Å². The van der Waals surface area contributed by atoms with Gasteiger partial charge in [-0.05, 0) is 12.1 Å². The van der Waals surface area contributed by atoms with E-state index >= 15 is 0 Å². The molecule has 8 heteroatoms. The van der Waals surface area contributed by atoms with Crippen molar-refractivity contribution in [2.75, 3.05) is 0 Å². The van der Waals surface area contributed by atoms with Crippen LogP contribution in [0.25, 0.3) is 11.3 Å². The minimum atomic E-state index is -4.45. The molecule has 19 heavy (non-hydrogen) atoms. The molecule has 1 heterocycles. The number of hydrogen-bond donors (Lipinski definition) is 1. The molecule has 0 aliphatic carbocycles. The topological polar surface area (TPSA) is 63.3 Å². The molecule has 0 saturated carbocycles. The number of nitrogens with zero attached hydrogens (tertiary/aromatic N) is 1. The largest absolute Gasteiger partial charge is 0.476 e. The number of carbonyl (C=O) groups is 1. The Balaban J connectivity index is 2.41. The first kappa shape index (κ1) is 13.4. The fourth-order valence-corrected chi connectivity index (χ4v) is 1.66. The van der Waals surface area contributed by atoms with Crippen LogP contribution >= 0.6 is 11.6 Å². The number of rotatable bonds is 2. The second-order valence-corrected chi connectivity index (χ2v) is 3.93. The Morgan fingerprint density at radius 3 is 2.26 bits per heavy atom. The maximum absolute atomic E-state index is 12.4. The normalized spacial score (nSPS) is 11.6. The molecule has 0 radical (unpaired) electrons. The number of carboxylic acid groups (broad SMARTS) is 1. The highest BCUT2D eigenvalue weighted by atomic mass is 35.5. The van der Waals surface area contributed by atoms with Gasteiger partial charge in [0, 0.05) is 5.56 Å². The molecular weight excluding hydrogens is 287 g/mol. The molecule has 0 bridgehead atoms. The Bertz CT molecular complexity index is 619. The van der Waals surface area contributed by atoms with E-state index < -0.39 is 23.4 Å². The molecule has 0 atom stereocenters. The van der Waals surface area contributed by atoms with Crippen LogP contribution in [0.1, 0.15) is 16.1 Å². The van der Waals surface area contributed by atoms with Crippen LogP contribution in [0.5, 0.6) is 0 Å². The van der Waals surface area contributed by atoms with E-state index in [4.69, 9.17) is 21.2 Å². The third-order valence-electron chi connectivity index (χ3n) is 2.31. The molecule has 0 saturated heterocycles. The van der Waals surface area contributed by atoms with Crippen molar-refractivity contribution in [2.45, 2.75) is 6.18 Å². The number of hydrogen-bond acceptors (Lipinski definition) is 3. The summed E-state index contributed by atoms with van der Waals surface area (Å²) in [6, 6.07) is 3.94. The van der Waals surface area contributed by atoms with Crippen molar-refractivity contribution in [2.24, 2.45) is 0 Å². The monoisotopic (exact) mass is 291 g/mol. The van der Waals surface area contributed by atoms with Crippen LogP contribution in [0.15, 0.2) is 28.8 Å². The van der Waals surface area contributed by atoms with Gasteiger partial charge in [-0.1, -0.05) is 28.9 Å². The van der Waals surface area contributed by atoms with Crippen LogP contribution in [0.2, 0.25) is 5.02 Å². The van der Waals surface area contributed by atoms with E-state index in [1.165, 1.54) is 0 Å². The van der Waals surface area contributed by atoms with Gasteiger partial charge in [-0.2, -0.15) is 13.2 Å². The first-order chi connectivity index (χ1) is 8.80. The Kier molecular flexibility index (Phi) is 3.23. The van der Waals surface area contributed by atoms with Gasteiger partial charge >= 0.3 is 12.1 Å². The fourth-order valence-electron chi connectivity index (χ4n) is 1.40. The van der Waals surface area contributed by atoms with E-state index in [-0.39, 0.29) is 16.3 Å². The lowest BCUT2D eigenvalue weighted by atomic mass is 10.1. The molecule has 2 aromatic rings. The van der Waals surface area contributed by atoms with Gasteiger partial charge in [-0.25, -0.2) is 4.79 Å². The number of aromatic carboxylic acids is 1. The molecule has 0 aliphatic rings. The van der Waals surface area contributed by atoms with Gasteiger partial charge in [-0.15, -0.1) is 0 Å². The van der Waals surface area contributed by atoms with Gasteiger partial charge in [0.05, 0.1) is 5.56 Å². The van der Waals surface area contributed by atoms with Crippen molar-refractivity contribution in [1.82, 2.24) is 5.16 Å². The minimum Gasteiger partial charge on any atom is -0.476 e. The molecule has 0 aliphatic heterocycles. The van der Waals surface area contributed by atoms with Crippen LogP contribution in [-0.2, 0) is 6.18 Å². The molecule has 100 valence electrons. The zero-order valence-electron chi connectivity index (χ0n) is 9.03. The van der Waals surface area contributed by atoms with E-state index in [9.17, 15) is 18.0 Å². The van der Waals surface area contributed by atoms with Crippen LogP contribution in [0, 0.1) is 0 Å². The maximum Gasteiger partial charge on any atom is 0.416 e. The third kappa shape index (κ3) is 2.55. The predicted octanol–water partition coefficient (Wildman–Crippen LogP) is 3.71. The molecule has 0 spiro atoms. The highest BCUT2D eigenvalue weighted by Crippen LogP contribution is 2.34. The van der Waals surface area contributed by atoms with Gasteiger partial charge in [-0.3, -0.25) is 0 Å². The Morgan fingerprint density at radius 2 is 1.84 bits per heavy atom. The Labute approximate surface area is 109 Å². The SMILES string of the molecule is O=C(O)c1noc(-c2ccc(C(F)(F)F)cc2)c1Cl. The van der Waals surface area contributed by atoms with Gasteiger partial charge in [0.1, 0.15) is 5.02 Å². The summed E-state index contributed by atoms with van der Waals surface area (Å²) < 4.78 is 41.8. The summed E-state index contributed by atoms with van der Waals surface area (Å²) in [5.74, 6) is -1.47. The van der Waals surface area contributed by atoms with Crippen LogP contribution < -0.4 is 0 Å². The molecule has 0 unspecified atom stereocenters. The second kappa shape index (κ2) is 4.58. The number of aromatic nitrogens is 1. The van der Waals surface area contributed by atoms with E-state index in [0.29, 0.717) is 0 Å². The molecule has 0 fully saturated rings. The molecule has 4 nitrogen and oxygen atoms in total. The van der Waals surface area contributed by atoms with Crippen molar-refractivity contribution in [1.29, 1.82) is 0 Å². The van der Waals surface area contributed by atoms with Gasteiger partial charge < -0.3 is 9.63 Å². The quantitative estimate of drug-likeness (QED) is 0.916. The van der Waals surface area contributed by atoms with Crippen LogP contribution in [-0.4, -0.2) is 16.2 Å². The van der Waals surface area contributed by atoms with E-state index in [1.807, 2.05) is 0 Å². The fraction of sp³-hybridized carbons (Fsp3) is 0.0909. The Hall–Kier alpha value is -2.02. The van der Waals surface area contributed by atoms with Gasteiger partial charge in [0.2, 0.25) is 5.69 Å². The van der Waals surface area contributed by atoms with Crippen LogP contribution in [0.3, 0.4) is 0 Å². The number of benzene rings is 1. The predicted molar refractivity (Wildman–Crippen MR) is 58.9 cm³/mol. The van der Waals surface area contributed by atoms with Crippen molar-refractivity contribution in [3.05, 3.63) is 40.5 Å². The number of carboxylic acids is 1. The van der Waals surface area contributed by atoms with E-state index in [2.05, 4.69) is 5.16 Å². The summed E-state index contributed by atoms with van der Waals surface area (Å²) >= 11 is 5.72. The zero-order chi connectivity index (χ0) is 14.2. The first-order valence-electron chi connectivity index (χ1n) is 4.87. The number of halogens is 4. The smallest absolute Gasteiger partial charge is 0.416 e. The standard InChI is InChI=1S/C11H5ClF3NO3/c12-7-8(10(17)18)16-19-9(7)5-1-3-6(4-2-5)11(13,14)15/h1-4H,(H,17,18). The van der Waals surface area contributed by atoms with Gasteiger partial charge in [0.25, 0.3) is 0 Å². The lowest BCUT2D eigenvalue weighted by molar-refractivity contribution is -0.137. The molecule has 1 N–H and O–H groups in total. The summed E-state index contributed by atoms with van der Waals surface area (Å²) in [7, 11) is 0. The molecule has 0 amide bonds. The summed E-state index contributed by atoms with van der Waals surface area (Å²) in [5.41, 5.74) is -1.11. The summed E-state index contributed by atoms with van der Waals surface area (Å²) in [6.07, 6.45) is -4.45. The summed E-state index contributed by atoms with van der Waals surface area (Å²) in [4.78, 5) is 10.7. The third-order valence-corrected chi connectivity index (χ3v) is 2.66. The van der Waals surface area contributed by atoms with E-state index in [0.717, 1.165) is 24.3 Å². The van der Waals surface area contributed by atoms with E-state index in [1.54, 1.807) is 0 Å². The van der Waals surface area contributed by atoms with Gasteiger partial charge in [0.15, 0.2) is 5.76 Å². The average Bonchev–Trinajstić information content (AvgIpc) is 2.70. The van der Waals surface area contributed by atoms with Crippen molar-refractivity contribution >= 4 is 17.6 Å². The highest BCUT2D eigenvalue weighted by molar-refractivity contribution is 6.35. The highest BCUT2D eigenvalue weighted by Gasteiger charge is 2.30. The lowest BCUT2D eigenvalue weighted by Gasteiger charge is -2.06. The summed E-state index contributed by atoms with van der Waals surface area (Å²) in [6.45, 7) is 0. The molecule has 2 rings (SSSR count). The number of alkyl halides is 3. The molecule has 1 aromatic heterocycles. The van der Waals surface area contributed by atoms with Crippen molar-refractivity contribution in [3.8, 4) is 11.3 Å². The second-order valence-electron chi connectivity index (χ2n) is 3.55.